The van der Waals surface area contributed by atoms with Crippen LogP contribution in [0.3, 0.4) is 0 Å². The molecule has 8 unspecified atom stereocenters. The number of nitrogens with one attached hydrogen (secondary N) is 1. The van der Waals surface area contributed by atoms with Crippen LogP contribution in [0, 0.1) is 0 Å². The zero-order chi connectivity index (χ0) is 66.7. The average molecular weight is 1280 g/mol. The molecule has 1 aliphatic heterocycles. The molecule has 1 heterocycles. The van der Waals surface area contributed by atoms with Crippen molar-refractivity contribution in [3.63, 3.8) is 0 Å². The van der Waals surface area contributed by atoms with Gasteiger partial charge in [-0.1, -0.05) is 308 Å². The summed E-state index contributed by atoms with van der Waals surface area (Å²) in [7, 11) is 0. The van der Waals surface area contributed by atoms with Crippen LogP contribution in [0.5, 0.6) is 0 Å². The largest absolute Gasteiger partial charge is 0.454 e. The molecule has 1 aliphatic rings. The van der Waals surface area contributed by atoms with Gasteiger partial charge < -0.3 is 45.1 Å². The molecule has 1 amide bonds. The van der Waals surface area contributed by atoms with E-state index in [-0.39, 0.29) is 19.4 Å². The molecule has 0 aromatic carbocycles. The molecule has 0 bridgehead atoms. The number of aliphatic hydroxyl groups is 5. The summed E-state index contributed by atoms with van der Waals surface area (Å²) in [5.74, 6) is -1.22. The molecular weight excluding hydrogens is 1150 g/mol. The lowest BCUT2D eigenvalue weighted by Gasteiger charge is -2.41. The summed E-state index contributed by atoms with van der Waals surface area (Å²) in [4.78, 5) is 26.7. The van der Waals surface area contributed by atoms with Gasteiger partial charge in [0.25, 0.3) is 0 Å². The molecule has 11 nitrogen and oxygen atoms in total. The number of carbonyl (C=O) groups excluding carboxylic acids is 2. The molecule has 0 aromatic heterocycles. The molecule has 0 spiro atoms. The highest BCUT2D eigenvalue weighted by Crippen LogP contribution is 2.26. The van der Waals surface area contributed by atoms with E-state index in [1.807, 2.05) is 6.08 Å². The van der Waals surface area contributed by atoms with Crippen molar-refractivity contribution < 1.29 is 49.3 Å². The number of amides is 1. The highest BCUT2D eigenvalue weighted by molar-refractivity contribution is 5.80. The highest BCUT2D eigenvalue weighted by atomic mass is 16.7. The van der Waals surface area contributed by atoms with E-state index in [9.17, 15) is 35.1 Å². The number of carbonyl (C=O) groups is 2. The number of ether oxygens (including phenoxy) is 3. The van der Waals surface area contributed by atoms with Crippen LogP contribution >= 0.6 is 0 Å². The summed E-state index contributed by atoms with van der Waals surface area (Å²) in [6.45, 7) is 5.57. The maximum atomic E-state index is 13.5. The molecule has 0 radical (unpaired) electrons. The summed E-state index contributed by atoms with van der Waals surface area (Å²) in [5.41, 5.74) is 0. The van der Waals surface area contributed by atoms with Crippen LogP contribution in [0.4, 0.5) is 0 Å². The van der Waals surface area contributed by atoms with Gasteiger partial charge in [-0.2, -0.15) is 0 Å². The molecule has 6 N–H and O–H groups in total. The van der Waals surface area contributed by atoms with E-state index in [2.05, 4.69) is 160 Å². The van der Waals surface area contributed by atoms with Crippen LogP contribution in [-0.4, -0.2) is 99.6 Å². The van der Waals surface area contributed by atoms with Crippen molar-refractivity contribution in [3.05, 3.63) is 146 Å². The van der Waals surface area contributed by atoms with Gasteiger partial charge in [0, 0.05) is 6.42 Å². The molecular formula is C81H135NO10. The molecule has 1 fully saturated rings. The molecule has 0 saturated carbocycles. The molecule has 524 valence electrons. The van der Waals surface area contributed by atoms with Crippen molar-refractivity contribution in [1.82, 2.24) is 5.32 Å². The zero-order valence-corrected chi connectivity index (χ0v) is 58.4. The predicted octanol–water partition coefficient (Wildman–Crippen LogP) is 19.7. The van der Waals surface area contributed by atoms with Crippen molar-refractivity contribution in [2.45, 2.75) is 339 Å². The maximum Gasteiger partial charge on any atom is 0.306 e. The van der Waals surface area contributed by atoms with E-state index >= 15 is 0 Å². The van der Waals surface area contributed by atoms with Gasteiger partial charge in [0.2, 0.25) is 5.91 Å². The minimum Gasteiger partial charge on any atom is -0.454 e. The SMILES string of the molecule is CC/C=C\C/C=C\C/C=C\C/C=C\C/C=C\C/C=C\CCCCCCCCC(=O)OC1C(OCC(NC(=O)C(O)CCCCCCCCCCCC/C=C\C/C=C\C/C=C\C/C=C\C/C=C\CC)C(O)/C=C/CCCCCCCCCCCC)OC(CO)C(O)C1O. The molecule has 0 aromatic rings. The number of aliphatic hydroxyl groups excluding tert-OH is 5. The van der Waals surface area contributed by atoms with Crippen molar-refractivity contribution in [1.29, 1.82) is 0 Å². The van der Waals surface area contributed by atoms with Gasteiger partial charge in [-0.05, 0) is 122 Å². The number of esters is 1. The van der Waals surface area contributed by atoms with Crippen LogP contribution in [0.25, 0.3) is 0 Å². The Morgan fingerprint density at radius 1 is 0.435 bits per heavy atom. The Morgan fingerprint density at radius 3 is 1.17 bits per heavy atom. The fourth-order valence-electron chi connectivity index (χ4n) is 10.7. The van der Waals surface area contributed by atoms with E-state index < -0.39 is 67.4 Å². The third kappa shape index (κ3) is 52.9. The number of rotatable bonds is 62. The van der Waals surface area contributed by atoms with Crippen LogP contribution in [0.1, 0.15) is 290 Å². The van der Waals surface area contributed by atoms with Crippen LogP contribution in [0.2, 0.25) is 0 Å². The predicted molar refractivity (Wildman–Crippen MR) is 388 cm³/mol. The minimum atomic E-state index is -1.63. The van der Waals surface area contributed by atoms with E-state index in [1.165, 1.54) is 83.5 Å². The molecule has 1 rings (SSSR count). The number of unbranched alkanes of at least 4 members (excludes halogenated alkanes) is 26. The van der Waals surface area contributed by atoms with Gasteiger partial charge in [0.05, 0.1) is 25.4 Å². The third-order valence-corrected chi connectivity index (χ3v) is 16.5. The van der Waals surface area contributed by atoms with Crippen LogP contribution in [0.15, 0.2) is 146 Å². The second-order valence-electron chi connectivity index (χ2n) is 24.9. The summed E-state index contributed by atoms with van der Waals surface area (Å²) in [6.07, 6.45) is 85.9. The van der Waals surface area contributed by atoms with E-state index in [1.54, 1.807) is 6.08 Å². The summed E-state index contributed by atoms with van der Waals surface area (Å²) in [6, 6.07) is -1.04. The Kier molecular flexibility index (Phi) is 61.9. The third-order valence-electron chi connectivity index (χ3n) is 16.5. The van der Waals surface area contributed by atoms with Crippen LogP contribution < -0.4 is 5.32 Å². The second kappa shape index (κ2) is 66.6. The first-order valence-corrected chi connectivity index (χ1v) is 37.1. The number of hydrogen-bond donors (Lipinski definition) is 6. The number of allylic oxidation sites excluding steroid dienone is 23. The first-order chi connectivity index (χ1) is 45.2. The van der Waals surface area contributed by atoms with E-state index in [0.29, 0.717) is 12.8 Å². The molecule has 8 atom stereocenters. The van der Waals surface area contributed by atoms with Gasteiger partial charge in [0.1, 0.15) is 24.4 Å². The Labute approximate surface area is 562 Å². The Balaban J connectivity index is 2.57. The fourth-order valence-corrected chi connectivity index (χ4v) is 10.7. The lowest BCUT2D eigenvalue weighted by Crippen LogP contribution is -2.61. The van der Waals surface area contributed by atoms with E-state index in [4.69, 9.17) is 14.2 Å². The zero-order valence-electron chi connectivity index (χ0n) is 58.4. The summed E-state index contributed by atoms with van der Waals surface area (Å²) < 4.78 is 17.7. The average Bonchev–Trinajstić information content (AvgIpc) is 0.875. The quantitative estimate of drug-likeness (QED) is 0.0195. The Morgan fingerprint density at radius 2 is 0.783 bits per heavy atom. The lowest BCUT2D eigenvalue weighted by molar-refractivity contribution is -0.305. The molecule has 92 heavy (non-hydrogen) atoms. The van der Waals surface area contributed by atoms with Crippen LogP contribution in [-0.2, 0) is 23.8 Å². The molecule has 1 saturated heterocycles. The first kappa shape index (κ1) is 85.6. The van der Waals surface area contributed by atoms with Gasteiger partial charge in [-0.15, -0.1) is 0 Å². The van der Waals surface area contributed by atoms with Gasteiger partial charge >= 0.3 is 5.97 Å². The van der Waals surface area contributed by atoms with Crippen molar-refractivity contribution in [2.24, 2.45) is 0 Å². The maximum absolute atomic E-state index is 13.5. The smallest absolute Gasteiger partial charge is 0.306 e. The van der Waals surface area contributed by atoms with Gasteiger partial charge in [0.15, 0.2) is 12.4 Å². The molecule has 11 heteroatoms. The normalized spacial score (nSPS) is 18.8. The summed E-state index contributed by atoms with van der Waals surface area (Å²) in [5, 5.41) is 57.3. The van der Waals surface area contributed by atoms with Crippen molar-refractivity contribution >= 4 is 11.9 Å². The molecule has 0 aliphatic carbocycles. The number of hydrogen-bond acceptors (Lipinski definition) is 10. The van der Waals surface area contributed by atoms with Crippen molar-refractivity contribution in [3.8, 4) is 0 Å². The lowest BCUT2D eigenvalue weighted by atomic mass is 9.99. The Bertz CT molecular complexity index is 2060. The standard InChI is InChI=1S/C81H135NO10/c1-4-7-10-13-16-19-22-25-27-29-31-33-35-37-39-40-42-44-46-48-50-53-56-59-62-65-68-74(85)80(89)82-72(73(84)67-64-61-58-55-52-24-21-18-15-12-9-6-3)71-90-81-79(78(88)77(87)75(70-83)91-81)92-76(86)69-66-63-60-57-54-51-49-47-45-43-41-38-36-34-32-30-28-26-23-20-17-14-11-8-5-2/h7-8,10-11,16-17,19-20,25-28,31-34,37-39,41,45,47,64,67,72-75,77-79,81,83-85,87-88H,4-6,9,12-15,18,21-24,29-30,35-36,40,42-44,46,48-63,65-66,68-71H2,1-3H3,(H,82,89)/b10-7-,11-8-,19-16-,20-17-,27-25-,28-26-,33-31-,34-32-,39-37-,41-38-,47-45-,67-64+. The Hall–Kier alpha value is -4.46. The summed E-state index contributed by atoms with van der Waals surface area (Å²) >= 11 is 0. The van der Waals surface area contributed by atoms with Gasteiger partial charge in [-0.3, -0.25) is 9.59 Å². The minimum absolute atomic E-state index is 0.0983. The topological polar surface area (TPSA) is 175 Å². The second-order valence-corrected chi connectivity index (χ2v) is 24.9. The van der Waals surface area contributed by atoms with E-state index in [0.717, 1.165) is 161 Å². The van der Waals surface area contributed by atoms with Crippen molar-refractivity contribution in [2.75, 3.05) is 13.2 Å². The van der Waals surface area contributed by atoms with Gasteiger partial charge in [-0.25, -0.2) is 0 Å². The highest BCUT2D eigenvalue weighted by Gasteiger charge is 2.47. The monoisotopic (exact) mass is 1280 g/mol. The fraction of sp³-hybridized carbons (Fsp3) is 0.679. The first-order valence-electron chi connectivity index (χ1n) is 37.1.